The van der Waals surface area contributed by atoms with Crippen molar-refractivity contribution in [3.8, 4) is 0 Å². The van der Waals surface area contributed by atoms with Crippen LogP contribution in [0.15, 0.2) is 49.1 Å². The van der Waals surface area contributed by atoms with E-state index >= 15 is 0 Å². The Morgan fingerprint density at radius 1 is 0.927 bits per heavy atom. The molecule has 0 unspecified atom stereocenters. The zero-order valence-electron chi connectivity index (χ0n) is 24.5. The lowest BCUT2D eigenvalue weighted by Gasteiger charge is -2.35. The van der Waals surface area contributed by atoms with Crippen LogP contribution in [-0.2, 0) is 15.9 Å². The first-order valence-corrected chi connectivity index (χ1v) is 14.4. The van der Waals surface area contributed by atoms with E-state index in [1.807, 2.05) is 29.3 Å². The highest BCUT2D eigenvalue weighted by Gasteiger charge is 2.51. The molecule has 6 rings (SSSR count). The van der Waals surface area contributed by atoms with Crippen LogP contribution in [-0.4, -0.2) is 80.8 Å². The van der Waals surface area contributed by atoms with Crippen LogP contribution in [0.5, 0.6) is 0 Å². The minimum atomic E-state index is -0.409. The number of fused-ring (bicyclic) bond motifs is 1. The number of aromatic nitrogens is 6. The number of hydrogen-bond donors (Lipinski definition) is 1. The number of hydrogen-bond acceptors (Lipinski definition) is 10. The molecule has 4 aromatic rings. The average molecular weight is 555 g/mol. The molecule has 1 N–H and O–H groups in total. The fourth-order valence-electron chi connectivity index (χ4n) is 5.12. The van der Waals surface area contributed by atoms with E-state index in [0.29, 0.717) is 12.5 Å². The number of rotatable bonds is 8. The van der Waals surface area contributed by atoms with Crippen molar-refractivity contribution in [2.45, 2.75) is 58.8 Å². The molecule has 41 heavy (non-hydrogen) atoms. The quantitative estimate of drug-likeness (QED) is 0.326. The zero-order valence-corrected chi connectivity index (χ0v) is 24.5. The Morgan fingerprint density at radius 2 is 1.68 bits per heavy atom. The standard InChI is InChI=1S/C29H38BN9O2/c1-6-11-32-27-34-19-23-25(35-27)39(20-21-8-7-12-31-17-21)36-26(23)38-15-13-37(14-16-38)24-10-9-22(18-33-24)30-40-28(2,3)29(4,5)41-30/h7-10,12,17-19H,6,11,13-16,20H2,1-5H3,(H,32,34,35). The summed E-state index contributed by atoms with van der Waals surface area (Å²) in [7, 11) is -0.409. The highest BCUT2D eigenvalue weighted by molar-refractivity contribution is 6.62. The Bertz CT molecular complexity index is 1470. The summed E-state index contributed by atoms with van der Waals surface area (Å²) in [5.74, 6) is 2.49. The van der Waals surface area contributed by atoms with Gasteiger partial charge in [0.15, 0.2) is 11.5 Å². The third-order valence-corrected chi connectivity index (χ3v) is 8.26. The van der Waals surface area contributed by atoms with Gasteiger partial charge in [-0.1, -0.05) is 19.1 Å². The summed E-state index contributed by atoms with van der Waals surface area (Å²) in [6, 6.07) is 8.13. The molecule has 0 saturated carbocycles. The summed E-state index contributed by atoms with van der Waals surface area (Å²) < 4.78 is 14.3. The van der Waals surface area contributed by atoms with Gasteiger partial charge in [0.1, 0.15) is 5.82 Å². The van der Waals surface area contributed by atoms with Crippen molar-refractivity contribution < 1.29 is 9.31 Å². The van der Waals surface area contributed by atoms with Crippen LogP contribution >= 0.6 is 0 Å². The number of piperazine rings is 1. The van der Waals surface area contributed by atoms with Crippen LogP contribution in [0.3, 0.4) is 0 Å². The second-order valence-electron chi connectivity index (χ2n) is 11.7. The first-order valence-electron chi connectivity index (χ1n) is 14.4. The molecule has 11 nitrogen and oxygen atoms in total. The lowest BCUT2D eigenvalue weighted by Crippen LogP contribution is -2.47. The van der Waals surface area contributed by atoms with Crippen molar-refractivity contribution in [3.05, 3.63) is 54.6 Å². The van der Waals surface area contributed by atoms with Gasteiger partial charge in [-0.15, -0.1) is 0 Å². The first-order chi connectivity index (χ1) is 19.7. The Morgan fingerprint density at radius 3 is 2.34 bits per heavy atom. The van der Waals surface area contributed by atoms with Gasteiger partial charge in [0.2, 0.25) is 5.95 Å². The van der Waals surface area contributed by atoms with E-state index in [9.17, 15) is 0 Å². The molecule has 12 heteroatoms. The Hall–Kier alpha value is -3.77. The maximum atomic E-state index is 6.19. The van der Waals surface area contributed by atoms with E-state index in [4.69, 9.17) is 24.4 Å². The van der Waals surface area contributed by atoms with Crippen molar-refractivity contribution in [1.82, 2.24) is 29.7 Å². The SMILES string of the molecule is CCCNc1ncc2c(N3CCN(c4ccc(B5OC(C)(C)C(C)(C)O5)cn4)CC3)nn(Cc3cccnc3)c2n1. The number of nitrogens with one attached hydrogen (secondary N) is 1. The lowest BCUT2D eigenvalue weighted by molar-refractivity contribution is 0.00578. The highest BCUT2D eigenvalue weighted by atomic mass is 16.7. The van der Waals surface area contributed by atoms with Crippen LogP contribution in [0.1, 0.15) is 46.6 Å². The lowest BCUT2D eigenvalue weighted by atomic mass is 9.80. The molecule has 0 spiro atoms. The summed E-state index contributed by atoms with van der Waals surface area (Å²) in [5, 5.41) is 9.28. The summed E-state index contributed by atoms with van der Waals surface area (Å²) >= 11 is 0. The van der Waals surface area contributed by atoms with Gasteiger partial charge in [0.25, 0.3) is 0 Å². The second-order valence-corrected chi connectivity index (χ2v) is 11.7. The smallest absolute Gasteiger partial charge is 0.399 e. The van der Waals surface area contributed by atoms with Crippen LogP contribution in [0, 0.1) is 0 Å². The van der Waals surface area contributed by atoms with Crippen LogP contribution in [0.4, 0.5) is 17.6 Å². The third kappa shape index (κ3) is 5.45. The van der Waals surface area contributed by atoms with Crippen molar-refractivity contribution in [1.29, 1.82) is 0 Å². The van der Waals surface area contributed by atoms with Crippen molar-refractivity contribution in [2.75, 3.05) is 47.8 Å². The first kappa shape index (κ1) is 27.4. The van der Waals surface area contributed by atoms with Crippen LogP contribution in [0.2, 0.25) is 0 Å². The van der Waals surface area contributed by atoms with Crippen LogP contribution < -0.4 is 20.6 Å². The molecule has 2 saturated heterocycles. The fraction of sp³-hybridized carbons (Fsp3) is 0.483. The highest BCUT2D eigenvalue weighted by Crippen LogP contribution is 2.36. The van der Waals surface area contributed by atoms with Crippen LogP contribution in [0.25, 0.3) is 11.0 Å². The topological polar surface area (TPSA) is 106 Å². The van der Waals surface area contributed by atoms with Crippen molar-refractivity contribution >= 4 is 41.2 Å². The molecule has 0 bridgehead atoms. The molecule has 4 aromatic heterocycles. The van der Waals surface area contributed by atoms with Gasteiger partial charge in [-0.25, -0.2) is 14.6 Å². The van der Waals surface area contributed by atoms with Gasteiger partial charge in [0, 0.05) is 63.0 Å². The van der Waals surface area contributed by atoms with Gasteiger partial charge < -0.3 is 24.4 Å². The molecule has 0 aromatic carbocycles. The van der Waals surface area contributed by atoms with Gasteiger partial charge in [0.05, 0.1) is 23.1 Å². The molecular formula is C29H38BN9O2. The number of anilines is 3. The van der Waals surface area contributed by atoms with Gasteiger partial charge in [-0.2, -0.15) is 10.1 Å². The molecule has 0 atom stereocenters. The summed E-state index contributed by atoms with van der Waals surface area (Å²) in [6.45, 7) is 15.1. The predicted octanol–water partition coefficient (Wildman–Crippen LogP) is 3.11. The number of pyridine rings is 2. The normalized spacial score (nSPS) is 18.3. The molecule has 0 radical (unpaired) electrons. The van der Waals surface area contributed by atoms with Gasteiger partial charge >= 0.3 is 7.12 Å². The monoisotopic (exact) mass is 555 g/mol. The third-order valence-electron chi connectivity index (χ3n) is 8.26. The predicted molar refractivity (Wildman–Crippen MR) is 162 cm³/mol. The second kappa shape index (κ2) is 10.9. The molecule has 6 heterocycles. The Kier molecular flexibility index (Phi) is 7.29. The minimum absolute atomic E-state index is 0.375. The summed E-state index contributed by atoms with van der Waals surface area (Å²) in [6.07, 6.45) is 8.42. The van der Waals surface area contributed by atoms with Crippen molar-refractivity contribution in [2.24, 2.45) is 0 Å². The Balaban J connectivity index is 1.17. The summed E-state index contributed by atoms with van der Waals surface area (Å²) in [4.78, 5) is 23.1. The zero-order chi connectivity index (χ0) is 28.6. The fourth-order valence-corrected chi connectivity index (χ4v) is 5.12. The van der Waals surface area contributed by atoms with Crippen molar-refractivity contribution in [3.63, 3.8) is 0 Å². The molecule has 0 aliphatic carbocycles. The maximum absolute atomic E-state index is 6.19. The van der Waals surface area contributed by atoms with Gasteiger partial charge in [-0.05, 0) is 51.8 Å². The molecule has 0 amide bonds. The van der Waals surface area contributed by atoms with E-state index in [1.165, 1.54) is 0 Å². The van der Waals surface area contributed by atoms with Gasteiger partial charge in [-0.3, -0.25) is 4.98 Å². The van der Waals surface area contributed by atoms with E-state index in [2.05, 4.69) is 77.9 Å². The van der Waals surface area contributed by atoms with E-state index in [0.717, 1.165) is 72.8 Å². The minimum Gasteiger partial charge on any atom is -0.399 e. The number of nitrogens with zero attached hydrogens (tertiary/aromatic N) is 8. The molecular weight excluding hydrogens is 517 g/mol. The Labute approximate surface area is 241 Å². The maximum Gasteiger partial charge on any atom is 0.496 e. The average Bonchev–Trinajstić information content (AvgIpc) is 3.44. The van der Waals surface area contributed by atoms with E-state index in [1.54, 1.807) is 6.20 Å². The largest absolute Gasteiger partial charge is 0.496 e. The molecule has 2 aliphatic heterocycles. The molecule has 2 fully saturated rings. The van der Waals surface area contributed by atoms with E-state index < -0.39 is 7.12 Å². The molecule has 214 valence electrons. The summed E-state index contributed by atoms with van der Waals surface area (Å²) in [5.41, 5.74) is 2.08. The molecule has 2 aliphatic rings. The van der Waals surface area contributed by atoms with E-state index in [-0.39, 0.29) is 11.2 Å².